The molecule has 0 radical (unpaired) electrons. The van der Waals surface area contributed by atoms with E-state index < -0.39 is 41.6 Å². The fraction of sp³-hybridized carbons (Fsp3) is 0.636. The average Bonchev–Trinajstić information content (AvgIpc) is 3.26. The largest absolute Gasteiger partial charge is 0.462 e. The van der Waals surface area contributed by atoms with Crippen LogP contribution in [0.3, 0.4) is 0 Å². The number of aliphatic hydroxyl groups is 2. The third-order valence-electron chi connectivity index (χ3n) is 9.32. The lowest BCUT2D eigenvalue weighted by Crippen LogP contribution is -2.57. The molecule has 0 aromatic rings. The summed E-state index contributed by atoms with van der Waals surface area (Å²) >= 11 is 0. The first-order valence-corrected chi connectivity index (χ1v) is 14.9. The van der Waals surface area contributed by atoms with Crippen molar-refractivity contribution in [1.82, 2.24) is 0 Å². The number of hydrogen-bond acceptors (Lipinski definition) is 8. The van der Waals surface area contributed by atoms with Crippen LogP contribution in [0.1, 0.15) is 60.8 Å². The molecule has 10 atom stereocenters. The average molecular weight is 569 g/mol. The Morgan fingerprint density at radius 2 is 1.80 bits per heavy atom. The highest BCUT2D eigenvalue weighted by atomic mass is 16.7. The standard InChI is InChI=1S/C33H44O8/c1-18(2)29-21(5)12-13-32(41-29)16-25-15-24(40-32)11-10-20(4)27(34)19(3)8-7-9-23-17-38-30-28(35)22(6)14-26(31(36)39-25)33(23,30)37/h7-10,12-14,18-19,21,24-27,29-30,34,37H,11,15-17H2,1-6H3/t19-,21-,24+,25-,26-,27-,29+,30+,32+,33+/m0/s1. The first kappa shape index (κ1) is 30.1. The van der Waals surface area contributed by atoms with Crippen LogP contribution in [0.15, 0.2) is 59.3 Å². The summed E-state index contributed by atoms with van der Waals surface area (Å²) in [5, 5.41) is 23.0. The molecule has 0 aromatic carbocycles. The van der Waals surface area contributed by atoms with E-state index in [4.69, 9.17) is 18.9 Å². The summed E-state index contributed by atoms with van der Waals surface area (Å²) in [4.78, 5) is 26.9. The Morgan fingerprint density at radius 1 is 1.05 bits per heavy atom. The number of allylic oxidation sites excluding steroid dienone is 2. The number of esters is 1. The molecule has 4 heterocycles. The van der Waals surface area contributed by atoms with Crippen molar-refractivity contribution in [2.24, 2.45) is 23.7 Å². The van der Waals surface area contributed by atoms with Crippen LogP contribution in [0, 0.1) is 23.7 Å². The highest BCUT2D eigenvalue weighted by molar-refractivity contribution is 6.03. The number of Topliss-reactive ketones (excluding diaryl/α,β-unsaturated/α-hetero) is 1. The topological polar surface area (TPSA) is 112 Å². The maximum Gasteiger partial charge on any atom is 0.316 e. The molecule has 0 amide bonds. The van der Waals surface area contributed by atoms with Crippen molar-refractivity contribution in [3.05, 3.63) is 59.3 Å². The van der Waals surface area contributed by atoms with Crippen molar-refractivity contribution in [1.29, 1.82) is 0 Å². The highest BCUT2D eigenvalue weighted by Crippen LogP contribution is 2.45. The SMILES string of the molecule is CC1=C[C@H]2C(=O)O[C@H]3C[C@@H](CC=C(C)[C@@H](O)[C@@H](C)C=CC=C4CO[C@H](C1=O)[C@@]42O)O[C@@]1(C=C[C@H](C)[C@@H](C(C)C)O1)C3. The molecule has 0 aromatic heterocycles. The molecule has 0 saturated carbocycles. The van der Waals surface area contributed by atoms with Crippen molar-refractivity contribution in [3.8, 4) is 0 Å². The van der Waals surface area contributed by atoms with Gasteiger partial charge in [-0.2, -0.15) is 0 Å². The molecule has 0 unspecified atom stereocenters. The number of carbonyl (C=O) groups excluding carboxylic acids is 2. The van der Waals surface area contributed by atoms with Gasteiger partial charge in [-0.25, -0.2) is 0 Å². The second-order valence-corrected chi connectivity index (χ2v) is 12.9. The van der Waals surface area contributed by atoms with E-state index in [0.717, 1.165) is 5.57 Å². The van der Waals surface area contributed by atoms with Gasteiger partial charge in [0.2, 0.25) is 0 Å². The van der Waals surface area contributed by atoms with Crippen LogP contribution in [0.2, 0.25) is 0 Å². The van der Waals surface area contributed by atoms with E-state index in [-0.39, 0.29) is 42.4 Å². The molecule has 2 N–H and O–H groups in total. The first-order chi connectivity index (χ1) is 19.3. The first-order valence-electron chi connectivity index (χ1n) is 14.9. The lowest BCUT2D eigenvalue weighted by molar-refractivity contribution is -0.299. The van der Waals surface area contributed by atoms with E-state index in [9.17, 15) is 19.8 Å². The number of carbonyl (C=O) groups is 2. The van der Waals surface area contributed by atoms with Crippen LogP contribution >= 0.6 is 0 Å². The Morgan fingerprint density at radius 3 is 2.54 bits per heavy atom. The number of fused-ring (bicyclic) bond motifs is 2. The van der Waals surface area contributed by atoms with E-state index in [1.54, 1.807) is 19.1 Å². The summed E-state index contributed by atoms with van der Waals surface area (Å²) in [6, 6.07) is 0. The van der Waals surface area contributed by atoms with Crippen molar-refractivity contribution >= 4 is 11.8 Å². The van der Waals surface area contributed by atoms with Crippen molar-refractivity contribution in [2.75, 3.05) is 6.61 Å². The van der Waals surface area contributed by atoms with Crippen molar-refractivity contribution < 1.29 is 38.7 Å². The fourth-order valence-electron chi connectivity index (χ4n) is 6.88. The van der Waals surface area contributed by atoms with Gasteiger partial charge in [0, 0.05) is 24.7 Å². The molecule has 224 valence electrons. The third-order valence-corrected chi connectivity index (χ3v) is 9.32. The van der Waals surface area contributed by atoms with Gasteiger partial charge in [0.25, 0.3) is 0 Å². The van der Waals surface area contributed by atoms with Crippen LogP contribution in [-0.4, -0.2) is 70.5 Å². The molecular formula is C33H44O8. The second-order valence-electron chi connectivity index (χ2n) is 12.9. The molecule has 8 nitrogen and oxygen atoms in total. The Hall–Kier alpha value is -2.36. The summed E-state index contributed by atoms with van der Waals surface area (Å²) in [5.74, 6) is -2.90. The molecule has 2 saturated heterocycles. The lowest BCUT2D eigenvalue weighted by Gasteiger charge is -2.48. The van der Waals surface area contributed by atoms with E-state index in [2.05, 4.69) is 26.8 Å². The molecule has 5 aliphatic rings. The quantitative estimate of drug-likeness (QED) is 0.359. The summed E-state index contributed by atoms with van der Waals surface area (Å²) in [5.41, 5.74) is -0.269. The minimum absolute atomic E-state index is 0.00781. The zero-order valence-electron chi connectivity index (χ0n) is 24.9. The summed E-state index contributed by atoms with van der Waals surface area (Å²) in [6.07, 6.45) is 11.2. The van der Waals surface area contributed by atoms with Crippen LogP contribution < -0.4 is 0 Å². The zero-order valence-corrected chi connectivity index (χ0v) is 24.9. The van der Waals surface area contributed by atoms with Gasteiger partial charge in [-0.05, 0) is 49.0 Å². The van der Waals surface area contributed by atoms with Gasteiger partial charge in [0.05, 0.1) is 24.9 Å². The predicted octanol–water partition coefficient (Wildman–Crippen LogP) is 4.13. The van der Waals surface area contributed by atoms with E-state index in [1.807, 2.05) is 32.1 Å². The maximum atomic E-state index is 13.9. The zero-order chi connectivity index (χ0) is 29.7. The third kappa shape index (κ3) is 5.57. The van der Waals surface area contributed by atoms with Gasteiger partial charge in [0.1, 0.15) is 17.6 Å². The fourth-order valence-corrected chi connectivity index (χ4v) is 6.88. The van der Waals surface area contributed by atoms with Crippen molar-refractivity contribution in [2.45, 2.75) is 103 Å². The Balaban J connectivity index is 1.55. The Kier molecular flexibility index (Phi) is 8.36. The van der Waals surface area contributed by atoms with Crippen LogP contribution in [0.4, 0.5) is 0 Å². The van der Waals surface area contributed by atoms with Crippen LogP contribution in [0.5, 0.6) is 0 Å². The normalized spacial score (nSPS) is 43.4. The van der Waals surface area contributed by atoms with Gasteiger partial charge >= 0.3 is 5.97 Å². The van der Waals surface area contributed by atoms with E-state index in [0.29, 0.717) is 30.4 Å². The molecule has 41 heavy (non-hydrogen) atoms. The minimum atomic E-state index is -1.87. The monoisotopic (exact) mass is 568 g/mol. The van der Waals surface area contributed by atoms with E-state index >= 15 is 0 Å². The Bertz CT molecular complexity index is 1210. The van der Waals surface area contributed by atoms with Crippen LogP contribution in [-0.2, 0) is 28.5 Å². The van der Waals surface area contributed by atoms with Gasteiger partial charge in [0.15, 0.2) is 17.7 Å². The van der Waals surface area contributed by atoms with Gasteiger partial charge in [-0.3, -0.25) is 9.59 Å². The molecule has 8 heteroatoms. The van der Waals surface area contributed by atoms with Gasteiger partial charge in [-0.1, -0.05) is 64.2 Å². The van der Waals surface area contributed by atoms with Gasteiger partial charge < -0.3 is 29.2 Å². The summed E-state index contributed by atoms with van der Waals surface area (Å²) in [7, 11) is 0. The Labute approximate surface area is 242 Å². The van der Waals surface area contributed by atoms with Crippen molar-refractivity contribution in [3.63, 3.8) is 0 Å². The van der Waals surface area contributed by atoms with E-state index in [1.165, 1.54) is 6.08 Å². The number of ketones is 1. The number of rotatable bonds is 1. The van der Waals surface area contributed by atoms with Crippen LogP contribution in [0.25, 0.3) is 0 Å². The van der Waals surface area contributed by atoms with Gasteiger partial charge in [-0.15, -0.1) is 0 Å². The smallest absolute Gasteiger partial charge is 0.316 e. The molecular weight excluding hydrogens is 524 g/mol. The minimum Gasteiger partial charge on any atom is -0.462 e. The second kappa shape index (κ2) is 11.4. The molecule has 2 bridgehead atoms. The summed E-state index contributed by atoms with van der Waals surface area (Å²) < 4.78 is 25.1. The molecule has 1 spiro atoms. The number of aliphatic hydroxyl groups excluding tert-OH is 1. The number of hydrogen-bond donors (Lipinski definition) is 2. The molecule has 4 aliphatic heterocycles. The maximum absolute atomic E-state index is 13.9. The molecule has 5 rings (SSSR count). The highest BCUT2D eigenvalue weighted by Gasteiger charge is 2.60. The molecule has 1 aliphatic carbocycles. The summed E-state index contributed by atoms with van der Waals surface area (Å²) in [6.45, 7) is 11.8. The predicted molar refractivity (Wildman–Crippen MR) is 152 cm³/mol. The number of ether oxygens (including phenoxy) is 4. The molecule has 2 fully saturated rings. The lowest BCUT2D eigenvalue weighted by atomic mass is 9.71.